The van der Waals surface area contributed by atoms with E-state index in [1.165, 1.54) is 4.90 Å². The third-order valence-corrected chi connectivity index (χ3v) is 3.62. The minimum Gasteiger partial charge on any atom is -0.480 e. The number of aliphatic carboxylic acids is 1. The van der Waals surface area contributed by atoms with Gasteiger partial charge in [0, 0.05) is 19.6 Å². The molecule has 0 spiro atoms. The molecule has 110 valence electrons. The van der Waals surface area contributed by atoms with Crippen molar-refractivity contribution in [2.75, 3.05) is 26.2 Å². The SMILES string of the molecule is CCCCN(CCO)C(=O)N1CCC(C)C1C(=O)O. The largest absolute Gasteiger partial charge is 0.480 e. The van der Waals surface area contributed by atoms with Crippen molar-refractivity contribution in [2.45, 2.75) is 39.2 Å². The summed E-state index contributed by atoms with van der Waals surface area (Å²) in [5.74, 6) is -0.971. The van der Waals surface area contributed by atoms with Gasteiger partial charge in [-0.3, -0.25) is 0 Å². The van der Waals surface area contributed by atoms with E-state index in [4.69, 9.17) is 5.11 Å². The second-order valence-electron chi connectivity index (χ2n) is 5.09. The quantitative estimate of drug-likeness (QED) is 0.755. The van der Waals surface area contributed by atoms with E-state index < -0.39 is 12.0 Å². The minimum absolute atomic E-state index is 0.0244. The van der Waals surface area contributed by atoms with Crippen LogP contribution >= 0.6 is 0 Å². The molecule has 6 nitrogen and oxygen atoms in total. The van der Waals surface area contributed by atoms with Crippen molar-refractivity contribution < 1.29 is 19.8 Å². The van der Waals surface area contributed by atoms with Crippen molar-refractivity contribution in [3.63, 3.8) is 0 Å². The topological polar surface area (TPSA) is 81.1 Å². The number of carboxylic acid groups (broad SMARTS) is 1. The lowest BCUT2D eigenvalue weighted by molar-refractivity contribution is -0.142. The summed E-state index contributed by atoms with van der Waals surface area (Å²) in [5, 5.41) is 18.3. The maximum Gasteiger partial charge on any atom is 0.326 e. The average Bonchev–Trinajstić information content (AvgIpc) is 2.75. The molecular weight excluding hydrogens is 248 g/mol. The van der Waals surface area contributed by atoms with Gasteiger partial charge in [-0.1, -0.05) is 20.3 Å². The highest BCUT2D eigenvalue weighted by Crippen LogP contribution is 2.25. The molecule has 0 saturated carbocycles. The van der Waals surface area contributed by atoms with E-state index in [9.17, 15) is 14.7 Å². The molecule has 1 heterocycles. The zero-order valence-corrected chi connectivity index (χ0v) is 11.7. The Kier molecular flexibility index (Phi) is 6.08. The van der Waals surface area contributed by atoms with Gasteiger partial charge < -0.3 is 20.0 Å². The fraction of sp³-hybridized carbons (Fsp3) is 0.846. The Hall–Kier alpha value is -1.30. The molecule has 19 heavy (non-hydrogen) atoms. The summed E-state index contributed by atoms with van der Waals surface area (Å²) >= 11 is 0. The molecule has 1 fully saturated rings. The van der Waals surface area contributed by atoms with E-state index in [0.29, 0.717) is 19.5 Å². The Bertz CT molecular complexity index is 322. The number of nitrogens with zero attached hydrogens (tertiary/aromatic N) is 2. The van der Waals surface area contributed by atoms with E-state index in [1.807, 2.05) is 13.8 Å². The second-order valence-corrected chi connectivity index (χ2v) is 5.09. The van der Waals surface area contributed by atoms with E-state index in [2.05, 4.69) is 0 Å². The van der Waals surface area contributed by atoms with Crippen LogP contribution in [0.2, 0.25) is 0 Å². The van der Waals surface area contributed by atoms with E-state index in [-0.39, 0.29) is 25.1 Å². The minimum atomic E-state index is -0.946. The highest BCUT2D eigenvalue weighted by molar-refractivity contribution is 5.83. The number of carboxylic acids is 1. The highest BCUT2D eigenvalue weighted by atomic mass is 16.4. The maximum atomic E-state index is 12.4. The van der Waals surface area contributed by atoms with Gasteiger partial charge in [-0.05, 0) is 18.8 Å². The van der Waals surface area contributed by atoms with Crippen molar-refractivity contribution in [3.8, 4) is 0 Å². The van der Waals surface area contributed by atoms with Crippen LogP contribution < -0.4 is 0 Å². The number of urea groups is 1. The normalized spacial score (nSPS) is 22.6. The van der Waals surface area contributed by atoms with Crippen molar-refractivity contribution in [3.05, 3.63) is 0 Å². The van der Waals surface area contributed by atoms with Crippen molar-refractivity contribution in [2.24, 2.45) is 5.92 Å². The smallest absolute Gasteiger partial charge is 0.326 e. The van der Waals surface area contributed by atoms with Crippen LogP contribution in [0.3, 0.4) is 0 Å². The van der Waals surface area contributed by atoms with Crippen LogP contribution in [-0.4, -0.2) is 64.3 Å². The van der Waals surface area contributed by atoms with E-state index >= 15 is 0 Å². The number of likely N-dealkylation sites (tertiary alicyclic amines) is 1. The third-order valence-electron chi connectivity index (χ3n) is 3.62. The first-order valence-corrected chi connectivity index (χ1v) is 6.92. The number of aliphatic hydroxyl groups excluding tert-OH is 1. The second kappa shape index (κ2) is 7.33. The molecule has 0 aliphatic carbocycles. The van der Waals surface area contributed by atoms with Crippen LogP contribution in [0.5, 0.6) is 0 Å². The Labute approximate surface area is 114 Å². The van der Waals surface area contributed by atoms with E-state index in [0.717, 1.165) is 12.8 Å². The lowest BCUT2D eigenvalue weighted by Gasteiger charge is -2.30. The molecule has 2 amide bonds. The summed E-state index contributed by atoms with van der Waals surface area (Å²) in [6.45, 7) is 5.08. The molecule has 1 rings (SSSR count). The number of carbonyl (C=O) groups excluding carboxylic acids is 1. The summed E-state index contributed by atoms with van der Waals surface area (Å²) in [6, 6.07) is -1.01. The number of unbranched alkanes of at least 4 members (excludes halogenated alkanes) is 1. The molecule has 0 aromatic heterocycles. The van der Waals surface area contributed by atoms with Crippen LogP contribution in [0.25, 0.3) is 0 Å². The fourth-order valence-corrected chi connectivity index (χ4v) is 2.49. The summed E-state index contributed by atoms with van der Waals surface area (Å²) in [5.41, 5.74) is 0. The molecule has 0 radical (unpaired) electrons. The highest BCUT2D eigenvalue weighted by Gasteiger charge is 2.40. The first-order chi connectivity index (χ1) is 9.02. The molecule has 0 bridgehead atoms. The molecule has 1 aliphatic rings. The van der Waals surface area contributed by atoms with Gasteiger partial charge in [-0.15, -0.1) is 0 Å². The van der Waals surface area contributed by atoms with Gasteiger partial charge in [0.2, 0.25) is 0 Å². The fourth-order valence-electron chi connectivity index (χ4n) is 2.49. The summed E-state index contributed by atoms with van der Waals surface area (Å²) < 4.78 is 0. The van der Waals surface area contributed by atoms with Gasteiger partial charge in [0.15, 0.2) is 0 Å². The lowest BCUT2D eigenvalue weighted by Crippen LogP contribution is -2.50. The predicted octanol–water partition coefficient (Wildman–Crippen LogP) is 0.996. The van der Waals surface area contributed by atoms with Gasteiger partial charge in [-0.2, -0.15) is 0 Å². The van der Waals surface area contributed by atoms with Crippen molar-refractivity contribution in [1.82, 2.24) is 9.80 Å². The molecule has 0 aromatic rings. The molecule has 1 aliphatic heterocycles. The van der Waals surface area contributed by atoms with Gasteiger partial charge >= 0.3 is 12.0 Å². The first kappa shape index (κ1) is 15.8. The molecule has 1 saturated heterocycles. The third kappa shape index (κ3) is 3.83. The van der Waals surface area contributed by atoms with Gasteiger partial charge in [0.05, 0.1) is 6.61 Å². The maximum absolute atomic E-state index is 12.4. The summed E-state index contributed by atoms with van der Waals surface area (Å²) in [6.07, 6.45) is 2.52. The summed E-state index contributed by atoms with van der Waals surface area (Å²) in [4.78, 5) is 26.6. The Morgan fingerprint density at radius 2 is 2.05 bits per heavy atom. The van der Waals surface area contributed by atoms with Crippen LogP contribution in [-0.2, 0) is 4.79 Å². The Balaban J connectivity index is 2.74. The average molecular weight is 272 g/mol. The molecule has 2 N–H and O–H groups in total. The molecule has 6 heteroatoms. The van der Waals surface area contributed by atoms with Crippen LogP contribution in [0.4, 0.5) is 4.79 Å². The number of hydrogen-bond acceptors (Lipinski definition) is 3. The number of aliphatic hydroxyl groups is 1. The number of hydrogen-bond donors (Lipinski definition) is 2. The molecule has 2 atom stereocenters. The molecule has 2 unspecified atom stereocenters. The first-order valence-electron chi connectivity index (χ1n) is 6.92. The summed E-state index contributed by atoms with van der Waals surface area (Å²) in [7, 11) is 0. The van der Waals surface area contributed by atoms with Gasteiger partial charge in [-0.25, -0.2) is 9.59 Å². The predicted molar refractivity (Wildman–Crippen MR) is 70.9 cm³/mol. The monoisotopic (exact) mass is 272 g/mol. The molecular formula is C13H24N2O4. The van der Waals surface area contributed by atoms with Gasteiger partial charge in [0.1, 0.15) is 6.04 Å². The van der Waals surface area contributed by atoms with Crippen LogP contribution in [0, 0.1) is 5.92 Å². The molecule has 0 aromatic carbocycles. The van der Waals surface area contributed by atoms with Crippen LogP contribution in [0.15, 0.2) is 0 Å². The van der Waals surface area contributed by atoms with E-state index in [1.54, 1.807) is 4.90 Å². The Morgan fingerprint density at radius 3 is 2.58 bits per heavy atom. The number of amides is 2. The standard InChI is InChI=1S/C13H24N2O4/c1-3-4-6-14(8-9-16)13(19)15-7-5-10(2)11(15)12(17)18/h10-11,16H,3-9H2,1-2H3,(H,17,18). The Morgan fingerprint density at radius 1 is 1.37 bits per heavy atom. The zero-order chi connectivity index (χ0) is 14.4. The number of carbonyl (C=O) groups is 2. The lowest BCUT2D eigenvalue weighted by atomic mass is 10.0. The van der Waals surface area contributed by atoms with Crippen molar-refractivity contribution >= 4 is 12.0 Å². The van der Waals surface area contributed by atoms with Crippen LogP contribution in [0.1, 0.15) is 33.1 Å². The number of rotatable bonds is 6. The van der Waals surface area contributed by atoms with Gasteiger partial charge in [0.25, 0.3) is 0 Å². The van der Waals surface area contributed by atoms with Crippen molar-refractivity contribution in [1.29, 1.82) is 0 Å². The zero-order valence-electron chi connectivity index (χ0n) is 11.7.